The van der Waals surface area contributed by atoms with Gasteiger partial charge < -0.3 is 10.2 Å². The van der Waals surface area contributed by atoms with E-state index in [4.69, 9.17) is 0 Å². The van der Waals surface area contributed by atoms with E-state index in [2.05, 4.69) is 0 Å². The summed E-state index contributed by atoms with van der Waals surface area (Å²) in [6.45, 7) is 5.67. The molecule has 28 heavy (non-hydrogen) atoms. The molecule has 0 aromatic carbocycles. The molecule has 0 bridgehead atoms. The number of aliphatic hydroxyl groups excluding tert-OH is 1. The summed E-state index contributed by atoms with van der Waals surface area (Å²) in [5.74, 6) is -3.72. The molecular formula is C22H27FO5. The van der Waals surface area contributed by atoms with Crippen molar-refractivity contribution >= 4 is 17.5 Å². The third kappa shape index (κ3) is 2.43. The van der Waals surface area contributed by atoms with Crippen LogP contribution < -0.4 is 0 Å². The molecule has 152 valence electrons. The standard InChI is InChI=1S/C22H27FO5/c1-10-6-13-12-8-15(23)14-7-11(24)4-5-21(14,2)18(12)16(25)9-22(13,3)17(10)19(26)20(27)28/h4-5,7,10,12-13,15-18,25H,6,8-9H2,1-3H3,(H,27,28)/t10-,12?,13+,15-,16+,17-,18?,21+,22+/m0/s1. The fraction of sp³-hybridized carbons (Fsp3) is 0.682. The van der Waals surface area contributed by atoms with Crippen molar-refractivity contribution in [1.29, 1.82) is 0 Å². The minimum Gasteiger partial charge on any atom is -0.475 e. The number of aliphatic hydroxyl groups is 1. The highest BCUT2D eigenvalue weighted by molar-refractivity contribution is 6.33. The van der Waals surface area contributed by atoms with E-state index in [0.717, 1.165) is 0 Å². The topological polar surface area (TPSA) is 91.7 Å². The SMILES string of the molecule is C[C@H]1C[C@@H]2C3C[C@H](F)C4=CC(=O)C=C[C@@]4(C)C3[C@H](O)C[C@@]2(C)[C@@H]1C(=O)C(=O)O. The van der Waals surface area contributed by atoms with Gasteiger partial charge in [-0.1, -0.05) is 26.8 Å². The molecule has 2 N–H and O–H groups in total. The largest absolute Gasteiger partial charge is 0.475 e. The first-order valence-corrected chi connectivity index (χ1v) is 10.0. The van der Waals surface area contributed by atoms with Crippen molar-refractivity contribution in [3.05, 3.63) is 23.8 Å². The summed E-state index contributed by atoms with van der Waals surface area (Å²) in [7, 11) is 0. The minimum absolute atomic E-state index is 0.0353. The van der Waals surface area contributed by atoms with Crippen LogP contribution in [-0.2, 0) is 14.4 Å². The van der Waals surface area contributed by atoms with E-state index in [1.54, 1.807) is 6.08 Å². The Kier molecular flexibility index (Phi) is 4.24. The Morgan fingerprint density at radius 1 is 1.25 bits per heavy atom. The van der Waals surface area contributed by atoms with E-state index in [0.29, 0.717) is 18.4 Å². The van der Waals surface area contributed by atoms with E-state index in [1.807, 2.05) is 20.8 Å². The summed E-state index contributed by atoms with van der Waals surface area (Å²) in [4.78, 5) is 35.7. The molecule has 0 saturated heterocycles. The van der Waals surface area contributed by atoms with Crippen molar-refractivity contribution in [2.75, 3.05) is 0 Å². The summed E-state index contributed by atoms with van der Waals surface area (Å²) < 4.78 is 15.2. The number of carbonyl (C=O) groups excluding carboxylic acids is 2. The Bertz CT molecular complexity index is 816. The molecular weight excluding hydrogens is 363 g/mol. The molecule has 4 aliphatic rings. The number of aliphatic carboxylic acids is 1. The summed E-state index contributed by atoms with van der Waals surface area (Å²) in [6.07, 6.45) is 3.65. The lowest BCUT2D eigenvalue weighted by atomic mass is 9.46. The van der Waals surface area contributed by atoms with Crippen LogP contribution in [0, 0.1) is 40.4 Å². The number of alkyl halides is 1. The van der Waals surface area contributed by atoms with Crippen LogP contribution in [0.15, 0.2) is 23.8 Å². The van der Waals surface area contributed by atoms with Crippen LogP contribution in [0.1, 0.15) is 40.0 Å². The number of carboxylic acid groups (broad SMARTS) is 1. The fourth-order valence-corrected chi connectivity index (χ4v) is 7.39. The summed E-state index contributed by atoms with van der Waals surface area (Å²) in [5.41, 5.74) is -0.969. The zero-order chi connectivity index (χ0) is 20.6. The van der Waals surface area contributed by atoms with Crippen molar-refractivity contribution in [2.24, 2.45) is 40.4 Å². The number of fused-ring (bicyclic) bond motifs is 5. The summed E-state index contributed by atoms with van der Waals surface area (Å²) in [6, 6.07) is 0. The van der Waals surface area contributed by atoms with Crippen LogP contribution in [0.2, 0.25) is 0 Å². The van der Waals surface area contributed by atoms with Crippen molar-refractivity contribution in [2.45, 2.75) is 52.3 Å². The second kappa shape index (κ2) is 6.09. The van der Waals surface area contributed by atoms with Gasteiger partial charge >= 0.3 is 5.97 Å². The first-order chi connectivity index (χ1) is 13.0. The maximum atomic E-state index is 15.2. The van der Waals surface area contributed by atoms with Gasteiger partial charge in [0.05, 0.1) is 6.10 Å². The van der Waals surface area contributed by atoms with Crippen LogP contribution in [-0.4, -0.2) is 40.0 Å². The third-order valence-corrected chi connectivity index (χ3v) is 8.31. The molecule has 4 rings (SSSR count). The predicted molar refractivity (Wildman–Crippen MR) is 99.0 cm³/mol. The Hall–Kier alpha value is -1.82. The van der Waals surface area contributed by atoms with Crippen molar-refractivity contribution in [1.82, 2.24) is 0 Å². The number of rotatable bonds is 2. The second-order valence-electron chi connectivity index (χ2n) is 9.75. The highest BCUT2D eigenvalue weighted by Gasteiger charge is 2.66. The van der Waals surface area contributed by atoms with Gasteiger partial charge in [0.15, 0.2) is 5.78 Å². The number of halogens is 1. The molecule has 0 aromatic rings. The second-order valence-corrected chi connectivity index (χ2v) is 9.75. The van der Waals surface area contributed by atoms with Gasteiger partial charge in [-0.3, -0.25) is 9.59 Å². The first-order valence-electron chi connectivity index (χ1n) is 10.0. The molecule has 4 aliphatic carbocycles. The van der Waals surface area contributed by atoms with Gasteiger partial charge in [-0.2, -0.15) is 0 Å². The minimum atomic E-state index is -1.44. The zero-order valence-corrected chi connectivity index (χ0v) is 16.4. The number of Topliss-reactive ketones (excluding diaryl/α,β-unsaturated/α-hetero) is 1. The lowest BCUT2D eigenvalue weighted by molar-refractivity contribution is -0.159. The maximum absolute atomic E-state index is 15.2. The van der Waals surface area contributed by atoms with E-state index >= 15 is 4.39 Å². The Morgan fingerprint density at radius 2 is 1.93 bits per heavy atom. The van der Waals surface area contributed by atoms with Crippen LogP contribution in [0.25, 0.3) is 0 Å². The molecule has 0 radical (unpaired) electrons. The van der Waals surface area contributed by atoms with Crippen LogP contribution in [0.5, 0.6) is 0 Å². The monoisotopic (exact) mass is 390 g/mol. The quantitative estimate of drug-likeness (QED) is 0.708. The molecule has 9 atom stereocenters. The van der Waals surface area contributed by atoms with Gasteiger partial charge in [0.2, 0.25) is 5.78 Å². The van der Waals surface area contributed by atoms with Gasteiger partial charge in [-0.25, -0.2) is 9.18 Å². The lowest BCUT2D eigenvalue weighted by Crippen LogP contribution is -2.58. The summed E-state index contributed by atoms with van der Waals surface area (Å²) in [5, 5.41) is 20.5. The Balaban J connectivity index is 1.77. The van der Waals surface area contributed by atoms with Gasteiger partial charge in [0.25, 0.3) is 0 Å². The number of carbonyl (C=O) groups is 3. The zero-order valence-electron chi connectivity index (χ0n) is 16.4. The average Bonchev–Trinajstić information content (AvgIpc) is 2.85. The fourth-order valence-electron chi connectivity index (χ4n) is 7.39. The van der Waals surface area contributed by atoms with Crippen LogP contribution in [0.3, 0.4) is 0 Å². The van der Waals surface area contributed by atoms with Crippen molar-refractivity contribution in [3.63, 3.8) is 0 Å². The first kappa shape index (κ1) is 19.5. The Labute approximate surface area is 163 Å². The molecule has 5 nitrogen and oxygen atoms in total. The van der Waals surface area contributed by atoms with Gasteiger partial charge in [0, 0.05) is 17.3 Å². The molecule has 0 amide bonds. The van der Waals surface area contributed by atoms with Crippen molar-refractivity contribution in [3.8, 4) is 0 Å². The molecule has 3 saturated carbocycles. The van der Waals surface area contributed by atoms with Gasteiger partial charge in [0.1, 0.15) is 6.17 Å². The lowest BCUT2D eigenvalue weighted by Gasteiger charge is -2.59. The number of hydrogen-bond acceptors (Lipinski definition) is 4. The summed E-state index contributed by atoms with van der Waals surface area (Å²) >= 11 is 0. The molecule has 3 fully saturated rings. The third-order valence-electron chi connectivity index (χ3n) is 8.31. The molecule has 6 heteroatoms. The van der Waals surface area contributed by atoms with E-state index < -0.39 is 40.8 Å². The number of carboxylic acids is 1. The molecule has 0 aliphatic heterocycles. The van der Waals surface area contributed by atoms with Gasteiger partial charge in [-0.05, 0) is 60.2 Å². The van der Waals surface area contributed by atoms with Crippen LogP contribution >= 0.6 is 0 Å². The normalized spacial score (nSPS) is 49.7. The molecule has 0 aromatic heterocycles. The van der Waals surface area contributed by atoms with E-state index in [9.17, 15) is 24.6 Å². The van der Waals surface area contributed by atoms with E-state index in [1.165, 1.54) is 12.2 Å². The molecule has 0 spiro atoms. The highest BCUT2D eigenvalue weighted by Crippen LogP contribution is 2.67. The smallest absolute Gasteiger partial charge is 0.372 e. The van der Waals surface area contributed by atoms with Gasteiger partial charge in [-0.15, -0.1) is 0 Å². The highest BCUT2D eigenvalue weighted by atomic mass is 19.1. The predicted octanol–water partition coefficient (Wildman–Crippen LogP) is 2.73. The molecule has 2 unspecified atom stereocenters. The average molecular weight is 390 g/mol. The van der Waals surface area contributed by atoms with Crippen LogP contribution in [0.4, 0.5) is 4.39 Å². The molecule has 0 heterocycles. The van der Waals surface area contributed by atoms with E-state index in [-0.39, 0.29) is 35.9 Å². The maximum Gasteiger partial charge on any atom is 0.372 e. The number of ketones is 2. The number of hydrogen-bond donors (Lipinski definition) is 2. The number of allylic oxidation sites excluding steroid dienone is 4. The Morgan fingerprint density at radius 3 is 2.57 bits per heavy atom. The van der Waals surface area contributed by atoms with Crippen molar-refractivity contribution < 1.29 is 29.0 Å².